The van der Waals surface area contributed by atoms with Crippen molar-refractivity contribution >= 4 is 0 Å². The van der Waals surface area contributed by atoms with E-state index >= 15 is 0 Å². The van der Waals surface area contributed by atoms with Crippen LogP contribution in [-0.4, -0.2) is 17.2 Å². The van der Waals surface area contributed by atoms with Gasteiger partial charge in [0, 0.05) is 11.1 Å². The fourth-order valence-electron chi connectivity index (χ4n) is 0.959. The van der Waals surface area contributed by atoms with Gasteiger partial charge in [-0.3, -0.25) is 0 Å². The fraction of sp³-hybridized carbons (Fsp3) is 1.00. The van der Waals surface area contributed by atoms with Crippen molar-refractivity contribution in [3.05, 3.63) is 0 Å². The van der Waals surface area contributed by atoms with Gasteiger partial charge in [0.15, 0.2) is 0 Å². The van der Waals surface area contributed by atoms with Crippen LogP contribution in [0.5, 0.6) is 0 Å². The standard InChI is InChI=1S/C7H17N2O/c1-6(2,8)5(10)7(3,4)9/h5H,8-9H2,1-4H3. The molecule has 0 aromatic carbocycles. The minimum Gasteiger partial charge on any atom is -0.323 e. The van der Waals surface area contributed by atoms with Crippen LogP contribution in [0, 0.1) is 0 Å². The van der Waals surface area contributed by atoms with Gasteiger partial charge in [0.1, 0.15) is 6.10 Å². The molecule has 61 valence electrons. The van der Waals surface area contributed by atoms with Gasteiger partial charge < -0.3 is 11.5 Å². The molecule has 0 amide bonds. The van der Waals surface area contributed by atoms with Crippen LogP contribution in [0.4, 0.5) is 0 Å². The lowest BCUT2D eigenvalue weighted by Gasteiger charge is -2.33. The molecule has 0 spiro atoms. The maximum Gasteiger partial charge on any atom is 0.128 e. The number of nitrogens with two attached hydrogens (primary N) is 2. The minimum absolute atomic E-state index is 0.738. The summed E-state index contributed by atoms with van der Waals surface area (Å²) in [5.74, 6) is 0. The predicted octanol–water partition coefficient (Wildman–Crippen LogP) is 0.260. The van der Waals surface area contributed by atoms with E-state index < -0.39 is 17.2 Å². The van der Waals surface area contributed by atoms with Crippen LogP contribution in [0.25, 0.3) is 0 Å². The first kappa shape index (κ1) is 9.88. The number of hydrogen-bond donors (Lipinski definition) is 2. The zero-order chi connectivity index (χ0) is 8.58. The van der Waals surface area contributed by atoms with E-state index in [-0.39, 0.29) is 0 Å². The van der Waals surface area contributed by atoms with Gasteiger partial charge in [-0.05, 0) is 27.7 Å². The fourth-order valence-corrected chi connectivity index (χ4v) is 0.959. The highest BCUT2D eigenvalue weighted by Crippen LogP contribution is 2.16. The SMILES string of the molecule is CC(C)(N)C([O])C(C)(C)N. The summed E-state index contributed by atoms with van der Waals surface area (Å²) in [5, 5.41) is 11.3. The maximum absolute atomic E-state index is 11.3. The van der Waals surface area contributed by atoms with Crippen molar-refractivity contribution in [2.24, 2.45) is 11.5 Å². The van der Waals surface area contributed by atoms with E-state index in [1.807, 2.05) is 0 Å². The molecule has 0 aromatic rings. The average Bonchev–Trinajstić information content (AvgIpc) is 1.59. The summed E-state index contributed by atoms with van der Waals surface area (Å²) in [4.78, 5) is 0. The van der Waals surface area contributed by atoms with Crippen LogP contribution in [0.1, 0.15) is 27.7 Å². The second kappa shape index (κ2) is 2.49. The van der Waals surface area contributed by atoms with E-state index in [2.05, 4.69) is 0 Å². The first-order valence-electron chi connectivity index (χ1n) is 3.39. The minimum atomic E-state index is -0.931. The lowest BCUT2D eigenvalue weighted by Crippen LogP contribution is -2.59. The Bertz CT molecular complexity index is 95.8. The third kappa shape index (κ3) is 2.64. The summed E-state index contributed by atoms with van der Waals surface area (Å²) in [6.07, 6.45) is -0.931. The lowest BCUT2D eigenvalue weighted by atomic mass is 9.85. The molecule has 1 radical (unpaired) electrons. The second-order valence-corrected chi connectivity index (χ2v) is 4.02. The Morgan fingerprint density at radius 1 is 1.00 bits per heavy atom. The first-order valence-corrected chi connectivity index (χ1v) is 3.39. The molecule has 0 aliphatic carbocycles. The van der Waals surface area contributed by atoms with E-state index in [0.717, 1.165) is 0 Å². The van der Waals surface area contributed by atoms with Crippen LogP contribution in [0.3, 0.4) is 0 Å². The molecule has 0 unspecified atom stereocenters. The van der Waals surface area contributed by atoms with Crippen LogP contribution in [-0.2, 0) is 5.11 Å². The van der Waals surface area contributed by atoms with Crippen LogP contribution in [0.15, 0.2) is 0 Å². The number of rotatable bonds is 2. The second-order valence-electron chi connectivity index (χ2n) is 4.02. The van der Waals surface area contributed by atoms with Gasteiger partial charge in [0.05, 0.1) is 0 Å². The summed E-state index contributed by atoms with van der Waals surface area (Å²) in [5.41, 5.74) is 9.67. The Kier molecular flexibility index (Phi) is 2.46. The molecule has 0 rings (SSSR count). The summed E-state index contributed by atoms with van der Waals surface area (Å²) in [7, 11) is 0. The Morgan fingerprint density at radius 3 is 1.20 bits per heavy atom. The van der Waals surface area contributed by atoms with Gasteiger partial charge in [-0.25, -0.2) is 5.11 Å². The molecule has 0 aliphatic rings. The zero-order valence-electron chi connectivity index (χ0n) is 7.14. The van der Waals surface area contributed by atoms with Gasteiger partial charge in [-0.15, -0.1) is 0 Å². The summed E-state index contributed by atoms with van der Waals surface area (Å²) < 4.78 is 0. The molecule has 0 saturated heterocycles. The van der Waals surface area contributed by atoms with Gasteiger partial charge in [0.25, 0.3) is 0 Å². The van der Waals surface area contributed by atoms with Crippen molar-refractivity contribution in [1.29, 1.82) is 0 Å². The molecule has 4 N–H and O–H groups in total. The van der Waals surface area contributed by atoms with Crippen LogP contribution < -0.4 is 11.5 Å². The summed E-state index contributed by atoms with van der Waals surface area (Å²) >= 11 is 0. The molecule has 0 fully saturated rings. The maximum atomic E-state index is 11.3. The van der Waals surface area contributed by atoms with Gasteiger partial charge in [-0.2, -0.15) is 0 Å². The van der Waals surface area contributed by atoms with Crippen LogP contribution in [0.2, 0.25) is 0 Å². The quantitative estimate of drug-likeness (QED) is 0.585. The summed E-state index contributed by atoms with van der Waals surface area (Å²) in [6.45, 7) is 6.77. The molecule has 3 heteroatoms. The molecule has 0 saturated carbocycles. The van der Waals surface area contributed by atoms with Gasteiger partial charge in [0.2, 0.25) is 0 Å². The van der Waals surface area contributed by atoms with Crippen LogP contribution >= 0.6 is 0 Å². The smallest absolute Gasteiger partial charge is 0.128 e. The monoisotopic (exact) mass is 145 g/mol. The molecule has 0 aromatic heterocycles. The molecule has 0 bridgehead atoms. The third-order valence-corrected chi connectivity index (χ3v) is 1.35. The van der Waals surface area contributed by atoms with Crippen molar-refractivity contribution in [1.82, 2.24) is 0 Å². The molecular formula is C7H17N2O. The van der Waals surface area contributed by atoms with Crippen molar-refractivity contribution < 1.29 is 5.11 Å². The molecule has 0 aliphatic heterocycles. The van der Waals surface area contributed by atoms with Crippen molar-refractivity contribution in [3.63, 3.8) is 0 Å². The Labute approximate surface area is 62.4 Å². The third-order valence-electron chi connectivity index (χ3n) is 1.35. The van der Waals surface area contributed by atoms with E-state index in [1.54, 1.807) is 27.7 Å². The molecule has 10 heavy (non-hydrogen) atoms. The largest absolute Gasteiger partial charge is 0.323 e. The van der Waals surface area contributed by atoms with E-state index in [0.29, 0.717) is 0 Å². The van der Waals surface area contributed by atoms with Gasteiger partial charge >= 0.3 is 0 Å². The van der Waals surface area contributed by atoms with Crippen molar-refractivity contribution in [2.75, 3.05) is 0 Å². The lowest BCUT2D eigenvalue weighted by molar-refractivity contribution is -0.0147. The molecule has 0 atom stereocenters. The Morgan fingerprint density at radius 2 is 1.20 bits per heavy atom. The zero-order valence-corrected chi connectivity index (χ0v) is 7.14. The van der Waals surface area contributed by atoms with Gasteiger partial charge in [-0.1, -0.05) is 0 Å². The average molecular weight is 145 g/mol. The predicted molar refractivity (Wildman–Crippen MR) is 41.0 cm³/mol. The Hall–Kier alpha value is -0.120. The molecule has 0 heterocycles. The molecule has 3 nitrogen and oxygen atoms in total. The topological polar surface area (TPSA) is 71.9 Å². The summed E-state index contributed by atoms with van der Waals surface area (Å²) in [6, 6.07) is 0. The van der Waals surface area contributed by atoms with Crippen molar-refractivity contribution in [2.45, 2.75) is 44.9 Å². The highest BCUT2D eigenvalue weighted by Gasteiger charge is 2.35. The normalized spacial score (nSPS) is 14.4. The highest BCUT2D eigenvalue weighted by molar-refractivity contribution is 4.94. The van der Waals surface area contributed by atoms with E-state index in [1.165, 1.54) is 0 Å². The first-order chi connectivity index (χ1) is 4.15. The van der Waals surface area contributed by atoms with E-state index in [4.69, 9.17) is 11.5 Å². The van der Waals surface area contributed by atoms with E-state index in [9.17, 15) is 5.11 Å². The van der Waals surface area contributed by atoms with Crippen molar-refractivity contribution in [3.8, 4) is 0 Å². The highest BCUT2D eigenvalue weighted by atomic mass is 16.3. The molecular weight excluding hydrogens is 128 g/mol. The Balaban J connectivity index is 4.23. The number of hydrogen-bond acceptors (Lipinski definition) is 2.